The first kappa shape index (κ1) is 9.44. The SMILES string of the molecule is CC(S)C1CCCC(C)(C)C1. The van der Waals surface area contributed by atoms with Crippen LogP contribution in [-0.2, 0) is 0 Å². The molecule has 0 heterocycles. The third-order valence-electron chi connectivity index (χ3n) is 2.93. The zero-order chi connectivity index (χ0) is 8.48. The lowest BCUT2D eigenvalue weighted by Gasteiger charge is -2.36. The monoisotopic (exact) mass is 172 g/mol. The normalized spacial score (nSPS) is 33.3. The Hall–Kier alpha value is 0.350. The van der Waals surface area contributed by atoms with Crippen LogP contribution in [0.4, 0.5) is 0 Å². The van der Waals surface area contributed by atoms with Crippen molar-refractivity contribution in [2.45, 2.75) is 51.7 Å². The second kappa shape index (κ2) is 3.38. The van der Waals surface area contributed by atoms with Gasteiger partial charge in [0.2, 0.25) is 0 Å². The van der Waals surface area contributed by atoms with E-state index in [9.17, 15) is 0 Å². The molecule has 0 N–H and O–H groups in total. The van der Waals surface area contributed by atoms with Gasteiger partial charge >= 0.3 is 0 Å². The molecule has 0 amide bonds. The van der Waals surface area contributed by atoms with Crippen LogP contribution in [0.25, 0.3) is 0 Å². The molecule has 0 spiro atoms. The molecule has 2 atom stereocenters. The Balaban J connectivity index is 2.46. The Kier molecular flexibility index (Phi) is 2.90. The molecule has 0 aromatic rings. The van der Waals surface area contributed by atoms with Crippen LogP contribution in [0.5, 0.6) is 0 Å². The molecule has 0 aromatic carbocycles. The molecule has 1 saturated carbocycles. The third kappa shape index (κ3) is 2.70. The maximum Gasteiger partial charge on any atom is 0.00169 e. The van der Waals surface area contributed by atoms with Gasteiger partial charge in [-0.15, -0.1) is 0 Å². The van der Waals surface area contributed by atoms with Gasteiger partial charge in [-0.05, 0) is 30.6 Å². The second-order valence-corrected chi connectivity index (χ2v) is 5.58. The Bertz CT molecular complexity index is 127. The van der Waals surface area contributed by atoms with Crippen LogP contribution in [0.15, 0.2) is 0 Å². The highest BCUT2D eigenvalue weighted by atomic mass is 32.1. The van der Waals surface area contributed by atoms with Crippen LogP contribution in [0.2, 0.25) is 0 Å². The molecule has 0 aliphatic heterocycles. The molecule has 0 bridgehead atoms. The van der Waals surface area contributed by atoms with Gasteiger partial charge in [0.05, 0.1) is 0 Å². The van der Waals surface area contributed by atoms with E-state index in [1.807, 2.05) is 0 Å². The molecule has 11 heavy (non-hydrogen) atoms. The van der Waals surface area contributed by atoms with Crippen molar-refractivity contribution in [2.24, 2.45) is 11.3 Å². The Morgan fingerprint density at radius 1 is 1.45 bits per heavy atom. The molecule has 0 radical (unpaired) electrons. The molecule has 1 rings (SSSR count). The maximum atomic E-state index is 4.52. The van der Waals surface area contributed by atoms with Crippen molar-refractivity contribution in [2.75, 3.05) is 0 Å². The lowest BCUT2D eigenvalue weighted by Crippen LogP contribution is -2.26. The number of hydrogen-bond donors (Lipinski definition) is 1. The van der Waals surface area contributed by atoms with E-state index in [1.54, 1.807) is 0 Å². The van der Waals surface area contributed by atoms with Gasteiger partial charge in [0.1, 0.15) is 0 Å². The van der Waals surface area contributed by atoms with Crippen LogP contribution in [0.1, 0.15) is 46.5 Å². The van der Waals surface area contributed by atoms with E-state index in [1.165, 1.54) is 25.7 Å². The lowest BCUT2D eigenvalue weighted by atomic mass is 9.71. The molecular formula is C10H20S. The topological polar surface area (TPSA) is 0 Å². The minimum absolute atomic E-state index is 0.583. The van der Waals surface area contributed by atoms with Crippen LogP contribution in [0, 0.1) is 11.3 Å². The Morgan fingerprint density at radius 3 is 2.45 bits per heavy atom. The van der Waals surface area contributed by atoms with E-state index < -0.39 is 0 Å². The fourth-order valence-corrected chi connectivity index (χ4v) is 2.42. The second-order valence-electron chi connectivity index (χ2n) is 4.76. The van der Waals surface area contributed by atoms with E-state index in [0.29, 0.717) is 10.7 Å². The van der Waals surface area contributed by atoms with Crippen molar-refractivity contribution in [3.8, 4) is 0 Å². The van der Waals surface area contributed by atoms with Gasteiger partial charge < -0.3 is 0 Å². The molecule has 1 heteroatoms. The standard InChI is InChI=1S/C10H20S/c1-8(11)9-5-4-6-10(2,3)7-9/h8-9,11H,4-7H2,1-3H3. The van der Waals surface area contributed by atoms with Crippen LogP contribution >= 0.6 is 12.6 Å². The maximum absolute atomic E-state index is 4.52. The van der Waals surface area contributed by atoms with Crippen molar-refractivity contribution >= 4 is 12.6 Å². The van der Waals surface area contributed by atoms with E-state index in [2.05, 4.69) is 33.4 Å². The first-order valence-electron chi connectivity index (χ1n) is 4.69. The highest BCUT2D eigenvalue weighted by molar-refractivity contribution is 7.80. The third-order valence-corrected chi connectivity index (χ3v) is 3.35. The van der Waals surface area contributed by atoms with Crippen molar-refractivity contribution in [3.63, 3.8) is 0 Å². The minimum Gasteiger partial charge on any atom is -0.176 e. The van der Waals surface area contributed by atoms with Crippen LogP contribution in [0.3, 0.4) is 0 Å². The summed E-state index contributed by atoms with van der Waals surface area (Å²) >= 11 is 4.52. The molecule has 0 aromatic heterocycles. The summed E-state index contributed by atoms with van der Waals surface area (Å²) in [5, 5.41) is 0.592. The highest BCUT2D eigenvalue weighted by Gasteiger charge is 2.29. The van der Waals surface area contributed by atoms with Gasteiger partial charge in [-0.25, -0.2) is 0 Å². The fourth-order valence-electron chi connectivity index (χ4n) is 2.17. The average molecular weight is 172 g/mol. The number of rotatable bonds is 1. The van der Waals surface area contributed by atoms with Crippen molar-refractivity contribution < 1.29 is 0 Å². The Morgan fingerprint density at radius 2 is 2.09 bits per heavy atom. The van der Waals surface area contributed by atoms with Gasteiger partial charge in [0.15, 0.2) is 0 Å². The summed E-state index contributed by atoms with van der Waals surface area (Å²) in [7, 11) is 0. The summed E-state index contributed by atoms with van der Waals surface area (Å²) in [5.74, 6) is 0.863. The molecule has 1 aliphatic rings. The zero-order valence-electron chi connectivity index (χ0n) is 7.93. The number of hydrogen-bond acceptors (Lipinski definition) is 1. The van der Waals surface area contributed by atoms with E-state index in [-0.39, 0.29) is 0 Å². The largest absolute Gasteiger partial charge is 0.176 e. The van der Waals surface area contributed by atoms with Gasteiger partial charge in [-0.1, -0.05) is 27.2 Å². The quantitative estimate of drug-likeness (QED) is 0.575. The van der Waals surface area contributed by atoms with Crippen molar-refractivity contribution in [1.29, 1.82) is 0 Å². The molecule has 0 saturated heterocycles. The van der Waals surface area contributed by atoms with E-state index >= 15 is 0 Å². The van der Waals surface area contributed by atoms with Gasteiger partial charge in [-0.3, -0.25) is 0 Å². The summed E-state index contributed by atoms with van der Waals surface area (Å²) in [5.41, 5.74) is 0.583. The van der Waals surface area contributed by atoms with E-state index in [4.69, 9.17) is 0 Å². The first-order valence-corrected chi connectivity index (χ1v) is 5.21. The molecular weight excluding hydrogens is 152 g/mol. The summed E-state index contributed by atoms with van der Waals surface area (Å²) in [6, 6.07) is 0. The molecule has 66 valence electrons. The van der Waals surface area contributed by atoms with Crippen LogP contribution in [-0.4, -0.2) is 5.25 Å². The van der Waals surface area contributed by atoms with Gasteiger partial charge in [0, 0.05) is 5.25 Å². The van der Waals surface area contributed by atoms with Gasteiger partial charge in [0.25, 0.3) is 0 Å². The van der Waals surface area contributed by atoms with Gasteiger partial charge in [-0.2, -0.15) is 12.6 Å². The number of thiol groups is 1. The predicted octanol–water partition coefficient (Wildman–Crippen LogP) is 3.52. The van der Waals surface area contributed by atoms with Crippen molar-refractivity contribution in [1.82, 2.24) is 0 Å². The molecule has 1 fully saturated rings. The molecule has 1 aliphatic carbocycles. The lowest BCUT2D eigenvalue weighted by molar-refractivity contribution is 0.181. The first-order chi connectivity index (χ1) is 5.01. The summed E-state index contributed by atoms with van der Waals surface area (Å²) in [6.45, 7) is 7.00. The molecule has 0 nitrogen and oxygen atoms in total. The Labute approximate surface area is 76.2 Å². The van der Waals surface area contributed by atoms with Crippen LogP contribution < -0.4 is 0 Å². The smallest absolute Gasteiger partial charge is 0.00169 e. The summed E-state index contributed by atoms with van der Waals surface area (Å²) in [6.07, 6.45) is 5.58. The fraction of sp³-hybridized carbons (Fsp3) is 1.00. The average Bonchev–Trinajstić information content (AvgIpc) is 1.85. The predicted molar refractivity (Wildman–Crippen MR) is 54.2 cm³/mol. The summed E-state index contributed by atoms with van der Waals surface area (Å²) < 4.78 is 0. The molecule has 2 unspecified atom stereocenters. The minimum atomic E-state index is 0.583. The zero-order valence-corrected chi connectivity index (χ0v) is 8.82. The van der Waals surface area contributed by atoms with E-state index in [0.717, 1.165) is 5.92 Å². The highest BCUT2D eigenvalue weighted by Crippen LogP contribution is 2.40. The van der Waals surface area contributed by atoms with Crippen molar-refractivity contribution in [3.05, 3.63) is 0 Å². The summed E-state index contributed by atoms with van der Waals surface area (Å²) in [4.78, 5) is 0.